The number of allylic oxidation sites excluding steroid dienone is 1. The molecule has 0 aromatic heterocycles. The smallest absolute Gasteiger partial charge is 0.247 e. The van der Waals surface area contributed by atoms with Crippen LogP contribution in [0.2, 0.25) is 0 Å². The van der Waals surface area contributed by atoms with Crippen molar-refractivity contribution in [1.29, 1.82) is 5.26 Å². The number of likely N-dealkylation sites (N-methyl/N-ethyl adjacent to an activating group) is 1. The van der Waals surface area contributed by atoms with Gasteiger partial charge in [-0.25, -0.2) is 0 Å². The zero-order valence-corrected chi connectivity index (χ0v) is 6.48. The molecule has 3 heteroatoms. The number of amides is 1. The van der Waals surface area contributed by atoms with Gasteiger partial charge in [-0.2, -0.15) is 5.26 Å². The fraction of sp³-hybridized carbons (Fsp3) is 0.500. The Labute approximate surface area is 65.7 Å². The minimum atomic E-state index is -0.0981. The zero-order valence-electron chi connectivity index (χ0n) is 6.48. The number of carbonyl (C=O) groups is 1. The van der Waals surface area contributed by atoms with Gasteiger partial charge >= 0.3 is 0 Å². The molecule has 1 N–H and O–H groups in total. The maximum absolute atomic E-state index is 11.1. The average Bonchev–Trinajstić information content (AvgIpc) is 2.50. The second-order valence-corrected chi connectivity index (χ2v) is 2.50. The van der Waals surface area contributed by atoms with Gasteiger partial charge in [-0.1, -0.05) is 0 Å². The van der Waals surface area contributed by atoms with Gasteiger partial charge in [-0.3, -0.25) is 4.79 Å². The summed E-state index contributed by atoms with van der Waals surface area (Å²) >= 11 is 0. The molecular weight excluding hydrogens is 140 g/mol. The lowest BCUT2D eigenvalue weighted by Crippen LogP contribution is -2.19. The molecule has 0 bridgehead atoms. The second-order valence-electron chi connectivity index (χ2n) is 2.50. The standard InChI is InChI=1S/C8H10N2O/c1-10-8(11)7-4-2-3-6(7)5-9/h2-4H2,1H3,(H,10,11). The number of hydrogen-bond donors (Lipinski definition) is 1. The molecule has 1 aliphatic carbocycles. The molecule has 0 saturated heterocycles. The highest BCUT2D eigenvalue weighted by Gasteiger charge is 2.19. The van der Waals surface area contributed by atoms with Crippen molar-refractivity contribution in [2.75, 3.05) is 7.05 Å². The van der Waals surface area contributed by atoms with Crippen molar-refractivity contribution < 1.29 is 4.79 Å². The van der Waals surface area contributed by atoms with E-state index < -0.39 is 0 Å². The monoisotopic (exact) mass is 150 g/mol. The van der Waals surface area contributed by atoms with Gasteiger partial charge in [0.15, 0.2) is 0 Å². The van der Waals surface area contributed by atoms with Crippen molar-refractivity contribution >= 4 is 5.91 Å². The molecule has 0 aliphatic heterocycles. The lowest BCUT2D eigenvalue weighted by Gasteiger charge is -1.98. The van der Waals surface area contributed by atoms with Crippen molar-refractivity contribution in [2.24, 2.45) is 0 Å². The lowest BCUT2D eigenvalue weighted by atomic mass is 10.1. The van der Waals surface area contributed by atoms with Gasteiger partial charge in [-0.05, 0) is 19.3 Å². The number of nitrogens with zero attached hydrogens (tertiary/aromatic N) is 1. The Hall–Kier alpha value is -1.30. The molecule has 0 heterocycles. The summed E-state index contributed by atoms with van der Waals surface area (Å²) < 4.78 is 0. The van der Waals surface area contributed by atoms with Crippen LogP contribution in [0.3, 0.4) is 0 Å². The van der Waals surface area contributed by atoms with Gasteiger partial charge in [0.25, 0.3) is 0 Å². The minimum absolute atomic E-state index is 0.0981. The van der Waals surface area contributed by atoms with E-state index in [-0.39, 0.29) is 5.91 Å². The third-order valence-corrected chi connectivity index (χ3v) is 1.85. The van der Waals surface area contributed by atoms with E-state index in [1.165, 1.54) is 0 Å². The summed E-state index contributed by atoms with van der Waals surface area (Å²) in [6.07, 6.45) is 2.45. The van der Waals surface area contributed by atoms with Crippen LogP contribution in [0.25, 0.3) is 0 Å². The SMILES string of the molecule is CNC(=O)C1=C(C#N)CCC1. The van der Waals surface area contributed by atoms with E-state index in [4.69, 9.17) is 5.26 Å². The van der Waals surface area contributed by atoms with E-state index in [0.29, 0.717) is 11.1 Å². The first-order valence-corrected chi connectivity index (χ1v) is 3.63. The van der Waals surface area contributed by atoms with Gasteiger partial charge in [-0.15, -0.1) is 0 Å². The predicted molar refractivity (Wildman–Crippen MR) is 40.6 cm³/mol. The van der Waals surface area contributed by atoms with Crippen LogP contribution < -0.4 is 5.32 Å². The molecule has 0 unspecified atom stereocenters. The first-order valence-electron chi connectivity index (χ1n) is 3.63. The largest absolute Gasteiger partial charge is 0.355 e. The number of nitrogens with one attached hydrogen (secondary N) is 1. The number of carbonyl (C=O) groups excluding carboxylic acids is 1. The fourth-order valence-electron chi connectivity index (χ4n) is 1.27. The van der Waals surface area contributed by atoms with Crippen molar-refractivity contribution in [3.8, 4) is 6.07 Å². The summed E-state index contributed by atoms with van der Waals surface area (Å²) in [6, 6.07) is 2.05. The molecule has 1 rings (SSSR count). The van der Waals surface area contributed by atoms with E-state index in [0.717, 1.165) is 19.3 Å². The van der Waals surface area contributed by atoms with Crippen molar-refractivity contribution in [3.63, 3.8) is 0 Å². The summed E-state index contributed by atoms with van der Waals surface area (Å²) in [5.74, 6) is -0.0981. The third-order valence-electron chi connectivity index (χ3n) is 1.85. The van der Waals surface area contributed by atoms with Crippen LogP contribution in [0.15, 0.2) is 11.1 Å². The Balaban J connectivity index is 2.85. The molecule has 0 aromatic rings. The summed E-state index contributed by atoms with van der Waals surface area (Å²) in [6.45, 7) is 0. The molecule has 0 atom stereocenters. The van der Waals surface area contributed by atoms with Crippen LogP contribution in [-0.4, -0.2) is 13.0 Å². The molecule has 0 spiro atoms. The molecule has 0 aromatic carbocycles. The van der Waals surface area contributed by atoms with Gasteiger partial charge in [0.2, 0.25) is 5.91 Å². The molecule has 3 nitrogen and oxygen atoms in total. The van der Waals surface area contributed by atoms with E-state index in [9.17, 15) is 4.79 Å². The normalized spacial score (nSPS) is 16.4. The first-order chi connectivity index (χ1) is 5.29. The Bertz CT molecular complexity index is 247. The minimum Gasteiger partial charge on any atom is -0.355 e. The van der Waals surface area contributed by atoms with Crippen LogP contribution in [0.1, 0.15) is 19.3 Å². The highest BCUT2D eigenvalue weighted by atomic mass is 16.1. The molecule has 1 aliphatic rings. The van der Waals surface area contributed by atoms with Gasteiger partial charge in [0, 0.05) is 18.2 Å². The maximum atomic E-state index is 11.1. The second kappa shape index (κ2) is 3.20. The predicted octanol–water partition coefficient (Wildman–Crippen LogP) is 0.736. The van der Waals surface area contributed by atoms with Crippen molar-refractivity contribution in [3.05, 3.63) is 11.1 Å². The van der Waals surface area contributed by atoms with Gasteiger partial charge in [0.05, 0.1) is 6.07 Å². The van der Waals surface area contributed by atoms with Gasteiger partial charge < -0.3 is 5.32 Å². The highest BCUT2D eigenvalue weighted by molar-refractivity contribution is 5.95. The Kier molecular flexibility index (Phi) is 2.27. The summed E-state index contributed by atoms with van der Waals surface area (Å²) in [7, 11) is 1.59. The molecule has 11 heavy (non-hydrogen) atoms. The summed E-state index contributed by atoms with van der Waals surface area (Å²) in [5, 5.41) is 11.1. The zero-order chi connectivity index (χ0) is 8.27. The Morgan fingerprint density at radius 3 is 2.91 bits per heavy atom. The number of nitriles is 1. The molecular formula is C8H10N2O. The van der Waals surface area contributed by atoms with Gasteiger partial charge in [0.1, 0.15) is 0 Å². The maximum Gasteiger partial charge on any atom is 0.247 e. The molecule has 0 fully saturated rings. The first kappa shape index (κ1) is 7.80. The fourth-order valence-corrected chi connectivity index (χ4v) is 1.27. The summed E-state index contributed by atoms with van der Waals surface area (Å²) in [5.41, 5.74) is 1.33. The highest BCUT2D eigenvalue weighted by Crippen LogP contribution is 2.24. The van der Waals surface area contributed by atoms with Crippen LogP contribution in [0.5, 0.6) is 0 Å². The van der Waals surface area contributed by atoms with Crippen LogP contribution in [0, 0.1) is 11.3 Å². The van der Waals surface area contributed by atoms with E-state index in [2.05, 4.69) is 5.32 Å². The van der Waals surface area contributed by atoms with Crippen LogP contribution in [0.4, 0.5) is 0 Å². The third kappa shape index (κ3) is 1.40. The number of hydrogen-bond acceptors (Lipinski definition) is 2. The number of rotatable bonds is 1. The Morgan fingerprint density at radius 2 is 2.36 bits per heavy atom. The summed E-state index contributed by atoms with van der Waals surface area (Å²) in [4.78, 5) is 11.1. The molecule has 0 saturated carbocycles. The van der Waals surface area contributed by atoms with Crippen molar-refractivity contribution in [1.82, 2.24) is 5.32 Å². The van der Waals surface area contributed by atoms with Crippen molar-refractivity contribution in [2.45, 2.75) is 19.3 Å². The van der Waals surface area contributed by atoms with E-state index in [1.807, 2.05) is 6.07 Å². The molecule has 1 amide bonds. The lowest BCUT2D eigenvalue weighted by molar-refractivity contribution is -0.117. The van der Waals surface area contributed by atoms with Crippen LogP contribution in [-0.2, 0) is 4.79 Å². The van der Waals surface area contributed by atoms with E-state index >= 15 is 0 Å². The average molecular weight is 150 g/mol. The Morgan fingerprint density at radius 1 is 1.64 bits per heavy atom. The van der Waals surface area contributed by atoms with E-state index in [1.54, 1.807) is 7.05 Å². The molecule has 0 radical (unpaired) electrons. The topological polar surface area (TPSA) is 52.9 Å². The quantitative estimate of drug-likeness (QED) is 0.599. The molecule has 58 valence electrons. The van der Waals surface area contributed by atoms with Crippen LogP contribution >= 0.6 is 0 Å².